The molecular weight excluding hydrogens is 304 g/mol. The molecule has 2 aromatic carbocycles. The van der Waals surface area contributed by atoms with Gasteiger partial charge in [-0.3, -0.25) is 4.79 Å². The summed E-state index contributed by atoms with van der Waals surface area (Å²) >= 11 is 5.88. The second kappa shape index (κ2) is 6.71. The average molecular weight is 319 g/mol. The Morgan fingerprint density at radius 3 is 2.73 bits per heavy atom. The fraction of sp³-hybridized carbons (Fsp3) is 0.235. The molecule has 114 valence electrons. The highest BCUT2D eigenvalue weighted by atomic mass is 35.5. The van der Waals surface area contributed by atoms with Crippen molar-refractivity contribution in [2.45, 2.75) is 6.42 Å². The number of benzene rings is 2. The molecule has 2 aromatic rings. The number of ether oxygens (including phenoxy) is 3. The summed E-state index contributed by atoms with van der Waals surface area (Å²) < 4.78 is 16.6. The van der Waals surface area contributed by atoms with Crippen LogP contribution in [0.1, 0.15) is 16.8 Å². The number of rotatable bonds is 4. The quantitative estimate of drug-likeness (QED) is 0.805. The third kappa shape index (κ3) is 3.52. The first-order valence-corrected chi connectivity index (χ1v) is 7.41. The van der Waals surface area contributed by atoms with Crippen LogP contribution in [0.3, 0.4) is 0 Å². The fourth-order valence-corrected chi connectivity index (χ4v) is 2.31. The van der Waals surface area contributed by atoms with Crippen molar-refractivity contribution in [3.63, 3.8) is 0 Å². The lowest BCUT2D eigenvalue weighted by Gasteiger charge is -2.09. The summed E-state index contributed by atoms with van der Waals surface area (Å²) in [6.07, 6.45) is 0.829. The average Bonchev–Trinajstić information content (AvgIpc) is 2.77. The molecule has 0 saturated heterocycles. The molecule has 0 aromatic heterocycles. The zero-order chi connectivity index (χ0) is 15.4. The Hall–Kier alpha value is -2.20. The van der Waals surface area contributed by atoms with E-state index in [2.05, 4.69) is 0 Å². The second-order valence-corrected chi connectivity index (χ2v) is 5.32. The van der Waals surface area contributed by atoms with Gasteiger partial charge in [0.2, 0.25) is 0 Å². The van der Waals surface area contributed by atoms with Gasteiger partial charge in [-0.05, 0) is 36.4 Å². The molecule has 0 aliphatic carbocycles. The molecular formula is C17H15ClO4. The molecule has 5 heteroatoms. The maximum Gasteiger partial charge on any atom is 0.200 e. The van der Waals surface area contributed by atoms with Crippen LogP contribution in [0, 0.1) is 0 Å². The van der Waals surface area contributed by atoms with Crippen molar-refractivity contribution < 1.29 is 19.0 Å². The number of ketones is 1. The van der Waals surface area contributed by atoms with E-state index < -0.39 is 0 Å². The van der Waals surface area contributed by atoms with Crippen LogP contribution in [0.5, 0.6) is 17.2 Å². The van der Waals surface area contributed by atoms with Gasteiger partial charge in [0.15, 0.2) is 23.9 Å². The molecule has 1 aliphatic heterocycles. The summed E-state index contributed by atoms with van der Waals surface area (Å²) in [6.45, 7) is 1.15. The topological polar surface area (TPSA) is 44.8 Å². The highest BCUT2D eigenvalue weighted by Crippen LogP contribution is 2.30. The number of hydrogen-bond donors (Lipinski definition) is 0. The van der Waals surface area contributed by atoms with E-state index in [9.17, 15) is 4.79 Å². The molecule has 1 heterocycles. The van der Waals surface area contributed by atoms with E-state index in [4.69, 9.17) is 25.8 Å². The van der Waals surface area contributed by atoms with E-state index in [1.54, 1.807) is 42.5 Å². The molecule has 0 atom stereocenters. The van der Waals surface area contributed by atoms with E-state index in [-0.39, 0.29) is 12.4 Å². The van der Waals surface area contributed by atoms with Gasteiger partial charge in [-0.15, -0.1) is 0 Å². The third-order valence-corrected chi connectivity index (χ3v) is 3.47. The van der Waals surface area contributed by atoms with E-state index in [0.29, 0.717) is 41.0 Å². The lowest BCUT2D eigenvalue weighted by atomic mass is 10.1. The molecule has 0 amide bonds. The molecule has 4 nitrogen and oxygen atoms in total. The van der Waals surface area contributed by atoms with Gasteiger partial charge in [0.1, 0.15) is 5.75 Å². The second-order valence-electron chi connectivity index (χ2n) is 4.88. The van der Waals surface area contributed by atoms with Gasteiger partial charge >= 0.3 is 0 Å². The summed E-state index contributed by atoms with van der Waals surface area (Å²) in [4.78, 5) is 12.2. The number of carbonyl (C=O) groups excluding carboxylic acids is 1. The maximum atomic E-state index is 12.2. The highest BCUT2D eigenvalue weighted by Gasteiger charge is 2.14. The van der Waals surface area contributed by atoms with Gasteiger partial charge in [0, 0.05) is 17.0 Å². The largest absolute Gasteiger partial charge is 0.490 e. The van der Waals surface area contributed by atoms with Crippen molar-refractivity contribution in [3.05, 3.63) is 53.1 Å². The summed E-state index contributed by atoms with van der Waals surface area (Å²) in [6, 6.07) is 12.1. The zero-order valence-electron chi connectivity index (χ0n) is 11.9. The Morgan fingerprint density at radius 1 is 1.09 bits per heavy atom. The lowest BCUT2D eigenvalue weighted by Crippen LogP contribution is -2.11. The molecule has 1 aliphatic rings. The van der Waals surface area contributed by atoms with Gasteiger partial charge in [-0.2, -0.15) is 0 Å². The van der Waals surface area contributed by atoms with Gasteiger partial charge in [-0.25, -0.2) is 0 Å². The summed E-state index contributed by atoms with van der Waals surface area (Å²) in [5.41, 5.74) is 0.534. The molecule has 3 rings (SSSR count). The Balaban J connectivity index is 1.68. The summed E-state index contributed by atoms with van der Waals surface area (Å²) in [5, 5.41) is 0.570. The number of fused-ring (bicyclic) bond motifs is 1. The maximum absolute atomic E-state index is 12.2. The predicted molar refractivity (Wildman–Crippen MR) is 83.3 cm³/mol. The van der Waals surface area contributed by atoms with Crippen LogP contribution in [-0.4, -0.2) is 25.6 Å². The number of halogens is 1. The molecule has 0 fully saturated rings. The Bertz CT molecular complexity index is 684. The Kier molecular flexibility index (Phi) is 4.49. The van der Waals surface area contributed by atoms with E-state index in [1.165, 1.54) is 0 Å². The Morgan fingerprint density at radius 2 is 1.91 bits per heavy atom. The van der Waals surface area contributed by atoms with Gasteiger partial charge < -0.3 is 14.2 Å². The van der Waals surface area contributed by atoms with Crippen molar-refractivity contribution in [2.75, 3.05) is 19.8 Å². The molecule has 22 heavy (non-hydrogen) atoms. The summed E-state index contributed by atoms with van der Waals surface area (Å²) in [5.74, 6) is 1.71. The van der Waals surface area contributed by atoms with Gasteiger partial charge in [0.05, 0.1) is 13.2 Å². The smallest absolute Gasteiger partial charge is 0.200 e. The van der Waals surface area contributed by atoms with Crippen molar-refractivity contribution >= 4 is 17.4 Å². The van der Waals surface area contributed by atoms with Crippen LogP contribution in [0.4, 0.5) is 0 Å². The molecule has 0 unspecified atom stereocenters. The van der Waals surface area contributed by atoms with Crippen LogP contribution < -0.4 is 14.2 Å². The molecule has 0 radical (unpaired) electrons. The van der Waals surface area contributed by atoms with E-state index in [0.717, 1.165) is 6.42 Å². The van der Waals surface area contributed by atoms with Gasteiger partial charge in [-0.1, -0.05) is 17.7 Å². The minimum atomic E-state index is -0.129. The van der Waals surface area contributed by atoms with Crippen LogP contribution in [0.25, 0.3) is 0 Å². The zero-order valence-corrected chi connectivity index (χ0v) is 12.6. The number of carbonyl (C=O) groups is 1. The molecule has 0 spiro atoms. The number of hydrogen-bond acceptors (Lipinski definition) is 4. The number of Topliss-reactive ketones (excluding diaryl/α,β-unsaturated/α-hetero) is 1. The minimum absolute atomic E-state index is 0.0556. The lowest BCUT2D eigenvalue weighted by molar-refractivity contribution is 0.0921. The standard InChI is InChI=1S/C17H15ClO4/c18-13-3-1-4-14(10-13)22-11-15(19)12-5-6-16-17(9-12)21-8-2-7-20-16/h1,3-6,9-10H,2,7-8,11H2. The van der Waals surface area contributed by atoms with Crippen LogP contribution in [0.15, 0.2) is 42.5 Å². The fourth-order valence-electron chi connectivity index (χ4n) is 2.13. The molecule has 0 N–H and O–H groups in total. The monoisotopic (exact) mass is 318 g/mol. The molecule has 0 saturated carbocycles. The third-order valence-electron chi connectivity index (χ3n) is 3.24. The predicted octanol–water partition coefficient (Wildman–Crippen LogP) is 3.76. The molecule has 0 bridgehead atoms. The summed E-state index contributed by atoms with van der Waals surface area (Å²) in [7, 11) is 0. The highest BCUT2D eigenvalue weighted by molar-refractivity contribution is 6.30. The van der Waals surface area contributed by atoms with E-state index >= 15 is 0 Å². The van der Waals surface area contributed by atoms with Crippen LogP contribution >= 0.6 is 11.6 Å². The van der Waals surface area contributed by atoms with Crippen molar-refractivity contribution in [2.24, 2.45) is 0 Å². The van der Waals surface area contributed by atoms with Gasteiger partial charge in [0.25, 0.3) is 0 Å². The SMILES string of the molecule is O=C(COc1cccc(Cl)c1)c1ccc2c(c1)OCCCO2. The normalized spacial score (nSPS) is 13.3. The van der Waals surface area contributed by atoms with Crippen molar-refractivity contribution in [1.82, 2.24) is 0 Å². The Labute approximate surface area is 133 Å². The first-order chi connectivity index (χ1) is 10.7. The van der Waals surface area contributed by atoms with E-state index in [1.807, 2.05) is 0 Å². The van der Waals surface area contributed by atoms with Crippen LogP contribution in [-0.2, 0) is 0 Å². The van der Waals surface area contributed by atoms with Crippen molar-refractivity contribution in [3.8, 4) is 17.2 Å². The van der Waals surface area contributed by atoms with Crippen molar-refractivity contribution in [1.29, 1.82) is 0 Å². The minimum Gasteiger partial charge on any atom is -0.490 e. The first-order valence-electron chi connectivity index (χ1n) is 7.03. The first kappa shape index (κ1) is 14.7. The van der Waals surface area contributed by atoms with Crippen LogP contribution in [0.2, 0.25) is 5.02 Å².